The van der Waals surface area contributed by atoms with Gasteiger partial charge in [0, 0.05) is 6.54 Å². The Balaban J connectivity index is 1.50. The molecule has 4 heteroatoms. The van der Waals surface area contributed by atoms with Crippen molar-refractivity contribution in [3.63, 3.8) is 0 Å². The number of hydrogen-bond donors (Lipinski definition) is 0. The molecule has 0 aliphatic carbocycles. The van der Waals surface area contributed by atoms with Gasteiger partial charge in [0.05, 0.1) is 26.2 Å². The molecule has 1 saturated heterocycles. The van der Waals surface area contributed by atoms with Crippen LogP contribution in [-0.2, 0) is 16.0 Å². The molecule has 4 nitrogen and oxygen atoms in total. The fourth-order valence-electron chi connectivity index (χ4n) is 2.98. The van der Waals surface area contributed by atoms with Gasteiger partial charge >= 0.3 is 0 Å². The Hall–Kier alpha value is -2.33. The molecular formula is C21H25NO3. The van der Waals surface area contributed by atoms with Crippen LogP contribution in [0.3, 0.4) is 0 Å². The van der Waals surface area contributed by atoms with Gasteiger partial charge in [0.1, 0.15) is 11.9 Å². The minimum absolute atomic E-state index is 0.0429. The number of amides is 1. The average Bonchev–Trinajstić information content (AvgIpc) is 2.69. The Kier molecular flexibility index (Phi) is 6.07. The molecule has 132 valence electrons. The van der Waals surface area contributed by atoms with E-state index in [1.165, 1.54) is 5.56 Å². The van der Waals surface area contributed by atoms with Crippen LogP contribution < -0.4 is 4.74 Å². The molecule has 0 aromatic heterocycles. The highest BCUT2D eigenvalue weighted by molar-refractivity contribution is 5.76. The fraction of sp³-hybridized carbons (Fsp3) is 0.381. The maximum Gasteiger partial charge on any atom is 0.226 e. The molecule has 1 fully saturated rings. The summed E-state index contributed by atoms with van der Waals surface area (Å²) < 4.78 is 11.5. The summed E-state index contributed by atoms with van der Waals surface area (Å²) in [6.45, 7) is 4.37. The van der Waals surface area contributed by atoms with Crippen molar-refractivity contribution in [1.29, 1.82) is 0 Å². The summed E-state index contributed by atoms with van der Waals surface area (Å²) in [5.74, 6) is 0.917. The number of morpholine rings is 1. The van der Waals surface area contributed by atoms with Gasteiger partial charge in [0.25, 0.3) is 0 Å². The molecule has 0 bridgehead atoms. The summed E-state index contributed by atoms with van der Waals surface area (Å²) in [5, 5.41) is 0. The molecule has 0 spiro atoms. The molecule has 1 unspecified atom stereocenters. The van der Waals surface area contributed by atoms with Gasteiger partial charge in [-0.05, 0) is 29.7 Å². The number of hydrogen-bond acceptors (Lipinski definition) is 3. The van der Waals surface area contributed by atoms with Crippen LogP contribution in [0.5, 0.6) is 5.75 Å². The molecule has 2 aromatic carbocycles. The van der Waals surface area contributed by atoms with Crippen LogP contribution in [0.2, 0.25) is 0 Å². The first-order valence-corrected chi connectivity index (χ1v) is 8.92. The molecule has 1 heterocycles. The second kappa shape index (κ2) is 8.67. The first kappa shape index (κ1) is 17.5. The summed E-state index contributed by atoms with van der Waals surface area (Å²) in [4.78, 5) is 14.3. The van der Waals surface area contributed by atoms with Crippen LogP contribution in [0.1, 0.15) is 30.6 Å². The Morgan fingerprint density at radius 1 is 1.16 bits per heavy atom. The van der Waals surface area contributed by atoms with E-state index in [0.717, 1.165) is 17.7 Å². The van der Waals surface area contributed by atoms with Gasteiger partial charge in [-0.1, -0.05) is 49.4 Å². The number of benzene rings is 2. The molecule has 0 radical (unpaired) electrons. The fourth-order valence-corrected chi connectivity index (χ4v) is 2.98. The largest absolute Gasteiger partial charge is 0.493 e. The zero-order valence-corrected chi connectivity index (χ0v) is 14.7. The highest BCUT2D eigenvalue weighted by atomic mass is 16.5. The molecule has 2 aromatic rings. The van der Waals surface area contributed by atoms with E-state index in [1.807, 2.05) is 35.2 Å². The third kappa shape index (κ3) is 4.83. The van der Waals surface area contributed by atoms with Crippen molar-refractivity contribution in [2.24, 2.45) is 0 Å². The first-order chi connectivity index (χ1) is 12.3. The Morgan fingerprint density at radius 2 is 1.92 bits per heavy atom. The number of rotatable bonds is 6. The zero-order valence-electron chi connectivity index (χ0n) is 14.7. The quantitative estimate of drug-likeness (QED) is 0.807. The van der Waals surface area contributed by atoms with Crippen molar-refractivity contribution in [1.82, 2.24) is 4.90 Å². The van der Waals surface area contributed by atoms with E-state index in [9.17, 15) is 4.79 Å². The van der Waals surface area contributed by atoms with Gasteiger partial charge in [0.15, 0.2) is 0 Å². The number of nitrogens with zero attached hydrogens (tertiary/aromatic N) is 1. The van der Waals surface area contributed by atoms with Crippen molar-refractivity contribution in [3.8, 4) is 5.75 Å². The van der Waals surface area contributed by atoms with E-state index in [4.69, 9.17) is 9.47 Å². The molecule has 1 amide bonds. The third-order valence-corrected chi connectivity index (χ3v) is 4.51. The van der Waals surface area contributed by atoms with Gasteiger partial charge < -0.3 is 14.4 Å². The second-order valence-electron chi connectivity index (χ2n) is 6.21. The van der Waals surface area contributed by atoms with Crippen molar-refractivity contribution in [2.75, 3.05) is 26.3 Å². The second-order valence-corrected chi connectivity index (χ2v) is 6.21. The minimum atomic E-state index is -0.0429. The van der Waals surface area contributed by atoms with E-state index >= 15 is 0 Å². The SMILES string of the molecule is CCc1ccc(C2CN(C(=O)CCOc3ccccc3)CCO2)cc1. The van der Waals surface area contributed by atoms with E-state index in [0.29, 0.717) is 32.7 Å². The lowest BCUT2D eigenvalue weighted by molar-refractivity contribution is -0.139. The first-order valence-electron chi connectivity index (χ1n) is 8.92. The monoisotopic (exact) mass is 339 g/mol. The van der Waals surface area contributed by atoms with Crippen LogP contribution in [0.25, 0.3) is 0 Å². The highest BCUT2D eigenvalue weighted by Crippen LogP contribution is 2.23. The zero-order chi connectivity index (χ0) is 17.5. The Morgan fingerprint density at radius 3 is 2.64 bits per heavy atom. The van der Waals surface area contributed by atoms with E-state index < -0.39 is 0 Å². The van der Waals surface area contributed by atoms with Gasteiger partial charge in [-0.2, -0.15) is 0 Å². The van der Waals surface area contributed by atoms with Crippen LogP contribution in [-0.4, -0.2) is 37.1 Å². The highest BCUT2D eigenvalue weighted by Gasteiger charge is 2.25. The summed E-state index contributed by atoms with van der Waals surface area (Å²) in [6.07, 6.45) is 1.37. The van der Waals surface area contributed by atoms with Crippen molar-refractivity contribution < 1.29 is 14.3 Å². The molecule has 0 N–H and O–H groups in total. The van der Waals surface area contributed by atoms with Crippen LogP contribution in [0, 0.1) is 0 Å². The van der Waals surface area contributed by atoms with E-state index in [1.54, 1.807) is 0 Å². The predicted molar refractivity (Wildman–Crippen MR) is 97.6 cm³/mol. The summed E-state index contributed by atoms with van der Waals surface area (Å²) in [7, 11) is 0. The predicted octanol–water partition coefficient (Wildman–Crippen LogP) is 3.62. The van der Waals surface area contributed by atoms with Crippen LogP contribution >= 0.6 is 0 Å². The standard InChI is InChI=1S/C21H25NO3/c1-2-17-8-10-18(11-9-17)20-16-22(13-15-25-20)21(23)12-14-24-19-6-4-3-5-7-19/h3-11,20H,2,12-16H2,1H3. The number of aryl methyl sites for hydroxylation is 1. The molecule has 3 rings (SSSR count). The molecular weight excluding hydrogens is 314 g/mol. The third-order valence-electron chi connectivity index (χ3n) is 4.51. The number of para-hydroxylation sites is 1. The van der Waals surface area contributed by atoms with Crippen molar-refractivity contribution in [2.45, 2.75) is 25.9 Å². The normalized spacial score (nSPS) is 17.3. The van der Waals surface area contributed by atoms with Gasteiger partial charge in [-0.3, -0.25) is 4.79 Å². The lowest BCUT2D eigenvalue weighted by atomic mass is 10.0. The number of ether oxygens (including phenoxy) is 2. The van der Waals surface area contributed by atoms with Gasteiger partial charge in [0.2, 0.25) is 5.91 Å². The summed E-state index contributed by atoms with van der Waals surface area (Å²) in [5.41, 5.74) is 2.45. The number of carbonyl (C=O) groups excluding carboxylic acids is 1. The summed E-state index contributed by atoms with van der Waals surface area (Å²) >= 11 is 0. The molecule has 25 heavy (non-hydrogen) atoms. The van der Waals surface area contributed by atoms with Gasteiger partial charge in [-0.25, -0.2) is 0 Å². The molecule has 0 saturated carbocycles. The van der Waals surface area contributed by atoms with Gasteiger partial charge in [-0.15, -0.1) is 0 Å². The molecule has 1 atom stereocenters. The van der Waals surface area contributed by atoms with Crippen LogP contribution in [0.15, 0.2) is 54.6 Å². The molecule has 1 aliphatic heterocycles. The molecule has 1 aliphatic rings. The minimum Gasteiger partial charge on any atom is -0.493 e. The van der Waals surface area contributed by atoms with E-state index in [2.05, 4.69) is 31.2 Å². The topological polar surface area (TPSA) is 38.8 Å². The lowest BCUT2D eigenvalue weighted by Crippen LogP contribution is -2.42. The van der Waals surface area contributed by atoms with Crippen LogP contribution in [0.4, 0.5) is 0 Å². The number of carbonyl (C=O) groups is 1. The van der Waals surface area contributed by atoms with E-state index in [-0.39, 0.29) is 12.0 Å². The smallest absolute Gasteiger partial charge is 0.226 e. The van der Waals surface area contributed by atoms with Crippen molar-refractivity contribution >= 4 is 5.91 Å². The summed E-state index contributed by atoms with van der Waals surface area (Å²) in [6, 6.07) is 18.1. The average molecular weight is 339 g/mol. The Labute approximate surface area is 149 Å². The Bertz CT molecular complexity index is 669. The maximum atomic E-state index is 12.5. The maximum absolute atomic E-state index is 12.5. The van der Waals surface area contributed by atoms with Crippen molar-refractivity contribution in [3.05, 3.63) is 65.7 Å². The lowest BCUT2D eigenvalue weighted by Gasteiger charge is -2.33.